The molecular formula is C22H22F3N7O. The molecule has 1 N–H and O–H groups in total. The maximum absolute atomic E-state index is 13.6. The summed E-state index contributed by atoms with van der Waals surface area (Å²) >= 11 is 0. The zero-order valence-electron chi connectivity index (χ0n) is 18.5. The lowest BCUT2D eigenvalue weighted by Crippen LogP contribution is -2.20. The molecule has 3 heterocycles. The Hall–Kier alpha value is -3.76. The van der Waals surface area contributed by atoms with Crippen molar-refractivity contribution >= 4 is 17.5 Å². The number of rotatable bonds is 4. The van der Waals surface area contributed by atoms with Crippen LogP contribution in [0.1, 0.15) is 53.8 Å². The smallest absolute Gasteiger partial charge is 0.288 e. The number of nitrogens with one attached hydrogen (secondary N) is 1. The molecule has 0 aliphatic carbocycles. The Kier molecular flexibility index (Phi) is 5.43. The van der Waals surface area contributed by atoms with Gasteiger partial charge in [-0.2, -0.15) is 18.3 Å². The molecule has 4 rings (SSSR count). The van der Waals surface area contributed by atoms with E-state index >= 15 is 0 Å². The van der Waals surface area contributed by atoms with Crippen LogP contribution in [0.15, 0.2) is 42.7 Å². The minimum Gasteiger partial charge on any atom is -0.288 e. The monoisotopic (exact) mass is 457 g/mol. The lowest BCUT2D eigenvalue weighted by molar-refractivity contribution is -0.142. The van der Waals surface area contributed by atoms with Gasteiger partial charge in [-0.25, -0.2) is 19.2 Å². The molecule has 1 aromatic carbocycles. The summed E-state index contributed by atoms with van der Waals surface area (Å²) in [5.74, 6) is -0.718. The molecule has 33 heavy (non-hydrogen) atoms. The second-order valence-corrected chi connectivity index (χ2v) is 8.72. The number of amides is 1. The first-order valence-corrected chi connectivity index (χ1v) is 10.2. The largest absolute Gasteiger partial charge is 0.433 e. The third-order valence-corrected chi connectivity index (χ3v) is 5.07. The number of alkyl halides is 3. The van der Waals surface area contributed by atoms with Gasteiger partial charge in [-0.05, 0) is 24.1 Å². The maximum atomic E-state index is 13.6. The highest BCUT2D eigenvalue weighted by Gasteiger charge is 2.36. The number of aromatic nitrogens is 6. The first-order valence-electron chi connectivity index (χ1n) is 10.2. The van der Waals surface area contributed by atoms with E-state index in [0.29, 0.717) is 11.1 Å². The number of carbonyl (C=O) groups excluding carboxylic acids is 1. The SMILES string of the molecule is Cc1ccccc1Cn1cnc(NC(=O)c2cc3nc(C(C)(C)C)cc(C(F)(F)F)n3n2)n1. The highest BCUT2D eigenvalue weighted by Crippen LogP contribution is 2.32. The summed E-state index contributed by atoms with van der Waals surface area (Å²) in [5.41, 5.74) is 0.449. The molecule has 0 aliphatic heterocycles. The Morgan fingerprint density at radius 2 is 1.82 bits per heavy atom. The van der Waals surface area contributed by atoms with E-state index in [1.165, 1.54) is 12.4 Å². The zero-order valence-corrected chi connectivity index (χ0v) is 18.5. The van der Waals surface area contributed by atoms with Crippen LogP contribution in [0, 0.1) is 6.92 Å². The van der Waals surface area contributed by atoms with Gasteiger partial charge < -0.3 is 0 Å². The van der Waals surface area contributed by atoms with Crippen LogP contribution < -0.4 is 5.32 Å². The molecule has 0 spiro atoms. The van der Waals surface area contributed by atoms with Gasteiger partial charge in [-0.3, -0.25) is 10.1 Å². The number of halogens is 3. The summed E-state index contributed by atoms with van der Waals surface area (Å²) in [6.07, 6.45) is -3.21. The van der Waals surface area contributed by atoms with Gasteiger partial charge in [0, 0.05) is 11.5 Å². The molecule has 172 valence electrons. The molecule has 11 heteroatoms. The van der Waals surface area contributed by atoms with Crippen LogP contribution >= 0.6 is 0 Å². The third kappa shape index (κ3) is 4.71. The molecule has 0 fully saturated rings. The second kappa shape index (κ2) is 7.98. The predicted octanol–water partition coefficient (Wildman–Crippen LogP) is 4.25. The number of carbonyl (C=O) groups is 1. The van der Waals surface area contributed by atoms with Crippen molar-refractivity contribution in [3.8, 4) is 0 Å². The number of anilines is 1. The highest BCUT2D eigenvalue weighted by atomic mass is 19.4. The van der Waals surface area contributed by atoms with Crippen LogP contribution in [0.25, 0.3) is 5.65 Å². The number of nitrogens with zero attached hydrogens (tertiary/aromatic N) is 6. The van der Waals surface area contributed by atoms with Gasteiger partial charge in [-0.15, -0.1) is 5.10 Å². The van der Waals surface area contributed by atoms with Gasteiger partial charge in [0.15, 0.2) is 11.3 Å². The van der Waals surface area contributed by atoms with Crippen LogP contribution in [0.4, 0.5) is 19.1 Å². The fourth-order valence-electron chi connectivity index (χ4n) is 3.23. The number of hydrogen-bond acceptors (Lipinski definition) is 5. The highest BCUT2D eigenvalue weighted by molar-refractivity contribution is 6.02. The molecule has 0 saturated heterocycles. The van der Waals surface area contributed by atoms with Crippen molar-refractivity contribution in [1.82, 2.24) is 29.4 Å². The number of benzene rings is 1. The minimum absolute atomic E-state index is 0.0185. The van der Waals surface area contributed by atoms with E-state index in [2.05, 4.69) is 25.5 Å². The summed E-state index contributed by atoms with van der Waals surface area (Å²) in [4.78, 5) is 21.0. The summed E-state index contributed by atoms with van der Waals surface area (Å²) in [7, 11) is 0. The number of aryl methyl sites for hydroxylation is 1. The van der Waals surface area contributed by atoms with Crippen molar-refractivity contribution in [2.75, 3.05) is 5.32 Å². The van der Waals surface area contributed by atoms with E-state index in [1.54, 1.807) is 25.5 Å². The average molecular weight is 457 g/mol. The Morgan fingerprint density at radius 3 is 2.48 bits per heavy atom. The first-order chi connectivity index (χ1) is 15.4. The first kappa shape index (κ1) is 22.4. The molecule has 0 atom stereocenters. The normalized spacial score (nSPS) is 12.3. The van der Waals surface area contributed by atoms with Crippen molar-refractivity contribution in [3.05, 3.63) is 70.9 Å². The van der Waals surface area contributed by atoms with E-state index in [1.807, 2.05) is 31.2 Å². The Bertz CT molecular complexity index is 1330. The second-order valence-electron chi connectivity index (χ2n) is 8.72. The van der Waals surface area contributed by atoms with Crippen molar-refractivity contribution < 1.29 is 18.0 Å². The summed E-state index contributed by atoms with van der Waals surface area (Å²) in [6, 6.07) is 9.96. The fraction of sp³-hybridized carbons (Fsp3) is 0.318. The summed E-state index contributed by atoms with van der Waals surface area (Å²) in [5, 5.41) is 10.5. The Labute approximate surface area is 187 Å². The van der Waals surface area contributed by atoms with Crippen LogP contribution in [0.2, 0.25) is 0 Å². The van der Waals surface area contributed by atoms with Crippen molar-refractivity contribution in [2.24, 2.45) is 0 Å². The zero-order chi connectivity index (χ0) is 24.0. The molecule has 3 aromatic heterocycles. The van der Waals surface area contributed by atoms with Crippen molar-refractivity contribution in [3.63, 3.8) is 0 Å². The molecule has 1 amide bonds. The van der Waals surface area contributed by atoms with Crippen LogP contribution in [-0.2, 0) is 18.1 Å². The predicted molar refractivity (Wildman–Crippen MR) is 115 cm³/mol. The molecule has 0 bridgehead atoms. The van der Waals surface area contributed by atoms with Crippen molar-refractivity contribution in [1.29, 1.82) is 0 Å². The summed E-state index contributed by atoms with van der Waals surface area (Å²) < 4.78 is 43.1. The van der Waals surface area contributed by atoms with Gasteiger partial charge >= 0.3 is 6.18 Å². The standard InChI is InChI=1S/C22H22F3N7O/c1-13-7-5-6-8-14(13)11-31-12-26-20(30-31)28-19(33)15-9-18-27-16(21(2,3)4)10-17(22(23,24)25)32(18)29-15/h5-10,12H,11H2,1-4H3,(H,28,30,33). The average Bonchev–Trinajstić information content (AvgIpc) is 3.34. The van der Waals surface area contributed by atoms with Crippen molar-refractivity contribution in [2.45, 2.75) is 45.8 Å². The van der Waals surface area contributed by atoms with Gasteiger partial charge in [0.2, 0.25) is 5.95 Å². The molecular weight excluding hydrogens is 435 g/mol. The Balaban J connectivity index is 1.60. The third-order valence-electron chi connectivity index (χ3n) is 5.07. The van der Waals surface area contributed by atoms with Gasteiger partial charge in [-0.1, -0.05) is 45.0 Å². The molecule has 4 aromatic rings. The van der Waals surface area contributed by atoms with Crippen LogP contribution in [-0.4, -0.2) is 35.3 Å². The number of fused-ring (bicyclic) bond motifs is 1. The summed E-state index contributed by atoms with van der Waals surface area (Å²) in [6.45, 7) is 7.71. The van der Waals surface area contributed by atoms with E-state index in [4.69, 9.17) is 0 Å². The molecule has 0 aliphatic rings. The van der Waals surface area contributed by atoms with E-state index in [-0.39, 0.29) is 23.0 Å². The Morgan fingerprint density at radius 1 is 1.09 bits per heavy atom. The molecule has 0 saturated carbocycles. The molecule has 8 nitrogen and oxygen atoms in total. The van der Waals surface area contributed by atoms with Gasteiger partial charge in [0.05, 0.1) is 12.2 Å². The van der Waals surface area contributed by atoms with Gasteiger partial charge in [0.25, 0.3) is 5.91 Å². The van der Waals surface area contributed by atoms with E-state index in [9.17, 15) is 18.0 Å². The van der Waals surface area contributed by atoms with Crippen LogP contribution in [0.3, 0.4) is 0 Å². The minimum atomic E-state index is -4.67. The maximum Gasteiger partial charge on any atom is 0.433 e. The van der Waals surface area contributed by atoms with Gasteiger partial charge in [0.1, 0.15) is 12.0 Å². The lowest BCUT2D eigenvalue weighted by Gasteiger charge is -2.19. The van der Waals surface area contributed by atoms with E-state index < -0.39 is 23.2 Å². The molecule has 0 radical (unpaired) electrons. The topological polar surface area (TPSA) is 90.0 Å². The van der Waals surface area contributed by atoms with E-state index in [0.717, 1.165) is 17.2 Å². The quantitative estimate of drug-likeness (QED) is 0.495. The number of hydrogen-bond donors (Lipinski definition) is 1. The lowest BCUT2D eigenvalue weighted by atomic mass is 9.91. The van der Waals surface area contributed by atoms with Crippen LogP contribution in [0.5, 0.6) is 0 Å². The molecule has 0 unspecified atom stereocenters. The fourth-order valence-corrected chi connectivity index (χ4v) is 3.23.